The Labute approximate surface area is 67.5 Å². The fourth-order valence-electron chi connectivity index (χ4n) is 0.622. The van der Waals surface area contributed by atoms with Gasteiger partial charge in [0.05, 0.1) is 0 Å². The Morgan fingerprint density at radius 2 is 1.78 bits per heavy atom. The number of hydrogen-bond acceptors (Lipinski definition) is 0. The molecule has 0 bridgehead atoms. The van der Waals surface area contributed by atoms with E-state index in [9.17, 15) is 0 Å². The van der Waals surface area contributed by atoms with Gasteiger partial charge in [0.1, 0.15) is 0 Å². The molecule has 0 aliphatic rings. The van der Waals surface area contributed by atoms with Crippen LogP contribution in [0.25, 0.3) is 6.08 Å². The second-order valence-electron chi connectivity index (χ2n) is 1.68. The van der Waals surface area contributed by atoms with Crippen LogP contribution in [0.5, 0.6) is 0 Å². The van der Waals surface area contributed by atoms with Gasteiger partial charge < -0.3 is 0 Å². The average Bonchev–Trinajstić information content (AvgIpc) is 1.91. The molecule has 1 heteroatoms. The van der Waals surface area contributed by atoms with Gasteiger partial charge in [0.15, 0.2) is 0 Å². The molecule has 0 heterocycles. The van der Waals surface area contributed by atoms with Crippen LogP contribution < -0.4 is 0 Å². The Bertz CT molecular complexity index is 189. The van der Waals surface area contributed by atoms with Crippen molar-refractivity contribution in [2.45, 2.75) is 0 Å². The summed E-state index contributed by atoms with van der Waals surface area (Å²) in [6, 6.07) is 10.2. The maximum absolute atomic E-state index is 2.37. The molecule has 0 unspecified atom stereocenters. The molecule has 0 N–H and O–H groups in total. The summed E-state index contributed by atoms with van der Waals surface area (Å²) in [6.45, 7) is 0. The standard InChI is InChI=1S/C8H7.Au/c1-2-8-6-4-3-5-7-8;/h1-7H;. The Hall–Kier alpha value is -0.300. The minimum absolute atomic E-state index is 1.25. The number of benzene rings is 1. The van der Waals surface area contributed by atoms with Gasteiger partial charge in [-0.2, -0.15) is 0 Å². The zero-order valence-electron chi connectivity index (χ0n) is 4.84. The van der Waals surface area contributed by atoms with E-state index in [1.54, 1.807) is 0 Å². The second-order valence-corrected chi connectivity index (χ2v) is 2.40. The summed E-state index contributed by atoms with van der Waals surface area (Å²) in [5.41, 5.74) is 1.25. The summed E-state index contributed by atoms with van der Waals surface area (Å²) in [5, 5.41) is 0. The van der Waals surface area contributed by atoms with Crippen LogP contribution in [0.1, 0.15) is 5.56 Å². The van der Waals surface area contributed by atoms with Gasteiger partial charge in [-0.3, -0.25) is 0 Å². The van der Waals surface area contributed by atoms with Crippen LogP contribution in [0.3, 0.4) is 0 Å². The van der Waals surface area contributed by atoms with E-state index in [4.69, 9.17) is 0 Å². The van der Waals surface area contributed by atoms with E-state index in [2.05, 4.69) is 39.3 Å². The molecule has 9 heavy (non-hydrogen) atoms. The van der Waals surface area contributed by atoms with Gasteiger partial charge in [-0.15, -0.1) is 0 Å². The van der Waals surface area contributed by atoms with E-state index in [0.717, 1.165) is 0 Å². The van der Waals surface area contributed by atoms with Gasteiger partial charge in [-0.1, -0.05) is 0 Å². The minimum atomic E-state index is 1.25. The fraction of sp³-hybridized carbons (Fsp3) is 0. The summed E-state index contributed by atoms with van der Waals surface area (Å²) < 4.78 is 1.98. The van der Waals surface area contributed by atoms with E-state index in [0.29, 0.717) is 0 Å². The first-order chi connectivity index (χ1) is 4.43. The van der Waals surface area contributed by atoms with E-state index in [-0.39, 0.29) is 0 Å². The summed E-state index contributed by atoms with van der Waals surface area (Å²) in [7, 11) is 0. The van der Waals surface area contributed by atoms with E-state index < -0.39 is 0 Å². The third-order valence-corrected chi connectivity index (χ3v) is 1.40. The van der Waals surface area contributed by atoms with Gasteiger partial charge >= 0.3 is 67.3 Å². The molecule has 0 aliphatic carbocycles. The third kappa shape index (κ3) is 2.19. The van der Waals surface area contributed by atoms with Crippen molar-refractivity contribution < 1.29 is 21.1 Å². The van der Waals surface area contributed by atoms with E-state index in [1.807, 2.05) is 22.5 Å². The van der Waals surface area contributed by atoms with Gasteiger partial charge in [-0.25, -0.2) is 0 Å². The van der Waals surface area contributed by atoms with Crippen LogP contribution in [-0.2, 0) is 21.1 Å². The summed E-state index contributed by atoms with van der Waals surface area (Å²) >= 11 is 2.37. The van der Waals surface area contributed by atoms with Gasteiger partial charge in [-0.05, 0) is 0 Å². The molecule has 0 aliphatic heterocycles. The van der Waals surface area contributed by atoms with Crippen LogP contribution in [0.2, 0.25) is 0 Å². The summed E-state index contributed by atoms with van der Waals surface area (Å²) in [6.07, 6.45) is 2.06. The molecule has 1 rings (SSSR count). The molecular formula is C8H7Au. The molecule has 0 atom stereocenters. The fourth-order valence-corrected chi connectivity index (χ4v) is 1.04. The summed E-state index contributed by atoms with van der Waals surface area (Å²) in [4.78, 5) is 0. The number of rotatable bonds is 1. The zero-order valence-corrected chi connectivity index (χ0v) is 7.01. The normalized spacial score (nSPS) is 10.4. The monoisotopic (exact) mass is 300 g/mol. The quantitative estimate of drug-likeness (QED) is 0.698. The molecule has 0 saturated heterocycles. The van der Waals surface area contributed by atoms with Crippen LogP contribution in [-0.4, -0.2) is 0 Å². The Morgan fingerprint density at radius 1 is 1.11 bits per heavy atom. The first-order valence-corrected chi connectivity index (χ1v) is 3.96. The molecule has 0 nitrogen and oxygen atoms in total. The van der Waals surface area contributed by atoms with Gasteiger partial charge in [0, 0.05) is 0 Å². The first kappa shape index (κ1) is 6.82. The van der Waals surface area contributed by atoms with Gasteiger partial charge in [0.25, 0.3) is 0 Å². The molecule has 0 radical (unpaired) electrons. The maximum atomic E-state index is 2.37. The molecule has 1 aromatic rings. The van der Waals surface area contributed by atoms with Crippen molar-refractivity contribution in [3.05, 3.63) is 40.2 Å². The van der Waals surface area contributed by atoms with Crippen LogP contribution >= 0.6 is 0 Å². The average molecular weight is 300 g/mol. The molecule has 0 aromatic heterocycles. The SMILES string of the molecule is [Au][CH]=Cc1ccccc1. The molecule has 0 spiro atoms. The van der Waals surface area contributed by atoms with Crippen LogP contribution in [0.4, 0.5) is 0 Å². The molecule has 0 amide bonds. The Kier molecular flexibility index (Phi) is 2.78. The molecule has 0 fully saturated rings. The van der Waals surface area contributed by atoms with Crippen molar-refractivity contribution in [2.75, 3.05) is 0 Å². The van der Waals surface area contributed by atoms with Crippen molar-refractivity contribution in [2.24, 2.45) is 0 Å². The first-order valence-electron chi connectivity index (χ1n) is 2.71. The van der Waals surface area contributed by atoms with Crippen molar-refractivity contribution in [1.29, 1.82) is 0 Å². The molecule has 0 saturated carbocycles. The van der Waals surface area contributed by atoms with Crippen LogP contribution in [0, 0.1) is 0 Å². The third-order valence-electron chi connectivity index (χ3n) is 1.04. The molecule has 50 valence electrons. The van der Waals surface area contributed by atoms with E-state index >= 15 is 0 Å². The topological polar surface area (TPSA) is 0 Å². The predicted octanol–water partition coefficient (Wildman–Crippen LogP) is 2.20. The summed E-state index contributed by atoms with van der Waals surface area (Å²) in [5.74, 6) is 0. The van der Waals surface area contributed by atoms with Crippen molar-refractivity contribution >= 4 is 6.08 Å². The molecular weight excluding hydrogens is 293 g/mol. The zero-order chi connectivity index (χ0) is 6.53. The van der Waals surface area contributed by atoms with E-state index in [1.165, 1.54) is 5.56 Å². The van der Waals surface area contributed by atoms with Gasteiger partial charge in [0.2, 0.25) is 0 Å². The second kappa shape index (κ2) is 3.67. The Balaban J connectivity index is 2.85. The Morgan fingerprint density at radius 3 is 2.33 bits per heavy atom. The number of hydrogen-bond donors (Lipinski definition) is 0. The predicted molar refractivity (Wildman–Crippen MR) is 35.5 cm³/mol. The van der Waals surface area contributed by atoms with Crippen LogP contribution in [0.15, 0.2) is 34.6 Å². The van der Waals surface area contributed by atoms with Crippen molar-refractivity contribution in [3.8, 4) is 0 Å². The molecule has 1 aromatic carbocycles. The van der Waals surface area contributed by atoms with Crippen molar-refractivity contribution in [3.63, 3.8) is 0 Å². The van der Waals surface area contributed by atoms with Crippen molar-refractivity contribution in [1.82, 2.24) is 0 Å².